The second-order valence-electron chi connectivity index (χ2n) is 6.46. The molecule has 0 aliphatic carbocycles. The van der Waals surface area contributed by atoms with E-state index in [1.807, 2.05) is 31.2 Å². The number of hydrogen-bond acceptors (Lipinski definition) is 5. The maximum absolute atomic E-state index is 12.2. The Hall–Kier alpha value is -2.80. The van der Waals surface area contributed by atoms with Gasteiger partial charge in [0.05, 0.1) is 11.3 Å². The quantitative estimate of drug-likeness (QED) is 0.731. The Morgan fingerprint density at radius 3 is 2.86 bits per heavy atom. The van der Waals surface area contributed by atoms with Gasteiger partial charge in [0.15, 0.2) is 6.61 Å². The van der Waals surface area contributed by atoms with Crippen LogP contribution >= 0.6 is 11.8 Å². The molecule has 1 heterocycles. The summed E-state index contributed by atoms with van der Waals surface area (Å²) in [6.45, 7) is 2.16. The van der Waals surface area contributed by atoms with Crippen LogP contribution in [0.1, 0.15) is 27.9 Å². The summed E-state index contributed by atoms with van der Waals surface area (Å²) in [5.41, 5.74) is 3.25. The average molecular weight is 398 g/mol. The third-order valence-electron chi connectivity index (χ3n) is 4.39. The van der Waals surface area contributed by atoms with Crippen LogP contribution in [0, 0.1) is 6.92 Å². The Bertz CT molecular complexity index is 898. The van der Waals surface area contributed by atoms with Crippen molar-refractivity contribution in [3.05, 3.63) is 59.2 Å². The number of amides is 2. The summed E-state index contributed by atoms with van der Waals surface area (Å²) in [7, 11) is 0. The number of carbonyl (C=O) groups excluding carboxylic acids is 3. The normalized spacial score (nSPS) is 13.1. The first kappa shape index (κ1) is 19.9. The largest absolute Gasteiger partial charge is 0.452 e. The molecule has 0 atom stereocenters. The third kappa shape index (κ3) is 5.36. The lowest BCUT2D eigenvalue weighted by molar-refractivity contribution is -0.124. The van der Waals surface area contributed by atoms with Gasteiger partial charge in [0.25, 0.3) is 5.91 Å². The van der Waals surface area contributed by atoms with Gasteiger partial charge in [0.2, 0.25) is 5.91 Å². The molecule has 0 saturated heterocycles. The van der Waals surface area contributed by atoms with E-state index in [0.29, 0.717) is 36.4 Å². The number of benzene rings is 2. The lowest BCUT2D eigenvalue weighted by Gasteiger charge is -2.10. The molecule has 7 heteroatoms. The van der Waals surface area contributed by atoms with E-state index < -0.39 is 5.97 Å². The van der Waals surface area contributed by atoms with Crippen LogP contribution in [0.2, 0.25) is 0 Å². The molecule has 1 aliphatic rings. The van der Waals surface area contributed by atoms with Crippen LogP contribution in [0.15, 0.2) is 47.4 Å². The first-order valence-electron chi connectivity index (χ1n) is 9.08. The van der Waals surface area contributed by atoms with E-state index >= 15 is 0 Å². The molecule has 0 bridgehead atoms. The number of anilines is 1. The van der Waals surface area contributed by atoms with Crippen LogP contribution in [0.4, 0.5) is 5.69 Å². The van der Waals surface area contributed by atoms with Crippen molar-refractivity contribution in [2.45, 2.75) is 24.7 Å². The first-order chi connectivity index (χ1) is 13.5. The molecule has 2 aromatic carbocycles. The number of esters is 1. The fourth-order valence-electron chi connectivity index (χ4n) is 2.84. The minimum Gasteiger partial charge on any atom is -0.452 e. The maximum Gasteiger partial charge on any atom is 0.338 e. The molecule has 146 valence electrons. The lowest BCUT2D eigenvalue weighted by Crippen LogP contribution is -2.30. The number of carbonyl (C=O) groups is 3. The van der Waals surface area contributed by atoms with E-state index in [1.165, 1.54) is 11.1 Å². The second-order valence-corrected chi connectivity index (χ2v) is 7.60. The van der Waals surface area contributed by atoms with Gasteiger partial charge in [0, 0.05) is 23.6 Å². The van der Waals surface area contributed by atoms with Crippen molar-refractivity contribution in [1.29, 1.82) is 0 Å². The average Bonchev–Trinajstić information content (AvgIpc) is 2.87. The molecule has 0 spiro atoms. The van der Waals surface area contributed by atoms with E-state index in [-0.39, 0.29) is 18.4 Å². The van der Waals surface area contributed by atoms with Crippen LogP contribution in [0.25, 0.3) is 0 Å². The minimum atomic E-state index is -0.597. The van der Waals surface area contributed by atoms with Crippen LogP contribution in [-0.2, 0) is 20.7 Å². The van der Waals surface area contributed by atoms with Gasteiger partial charge in [-0.2, -0.15) is 0 Å². The Balaban J connectivity index is 1.48. The van der Waals surface area contributed by atoms with Gasteiger partial charge >= 0.3 is 5.97 Å². The molecule has 1 aliphatic heterocycles. The molecule has 2 aromatic rings. The zero-order chi connectivity index (χ0) is 19.9. The highest BCUT2D eigenvalue weighted by Gasteiger charge is 2.17. The van der Waals surface area contributed by atoms with E-state index in [4.69, 9.17) is 4.74 Å². The number of fused-ring (bicyclic) bond motifs is 1. The Morgan fingerprint density at radius 2 is 2.04 bits per heavy atom. The molecular formula is C21H22N2O4S. The summed E-state index contributed by atoms with van der Waals surface area (Å²) in [5, 5.41) is 5.54. The van der Waals surface area contributed by atoms with E-state index in [9.17, 15) is 14.4 Å². The number of rotatable bonds is 6. The highest BCUT2D eigenvalue weighted by Crippen LogP contribution is 2.31. The van der Waals surface area contributed by atoms with Crippen LogP contribution < -0.4 is 10.6 Å². The van der Waals surface area contributed by atoms with Crippen LogP contribution in [0.5, 0.6) is 0 Å². The standard InChI is InChI=1S/C21H22N2O4S/c1-14-4-2-3-5-15(14)8-10-22-20(25)13-27-21(26)16-6-7-18-17(12-16)23-19(24)9-11-28-18/h2-7,12H,8-11,13H2,1H3,(H,22,25)(H,23,24). The number of aryl methyl sites for hydroxylation is 1. The number of ether oxygens (including phenoxy) is 1. The lowest BCUT2D eigenvalue weighted by atomic mass is 10.1. The van der Waals surface area contributed by atoms with Crippen molar-refractivity contribution in [3.63, 3.8) is 0 Å². The molecule has 0 saturated carbocycles. The van der Waals surface area contributed by atoms with Gasteiger partial charge in [-0.3, -0.25) is 9.59 Å². The molecule has 6 nitrogen and oxygen atoms in total. The van der Waals surface area contributed by atoms with Crippen molar-refractivity contribution in [1.82, 2.24) is 5.32 Å². The van der Waals surface area contributed by atoms with E-state index in [2.05, 4.69) is 10.6 Å². The van der Waals surface area contributed by atoms with Gasteiger partial charge in [-0.25, -0.2) is 4.79 Å². The zero-order valence-electron chi connectivity index (χ0n) is 15.6. The summed E-state index contributed by atoms with van der Waals surface area (Å²) in [6, 6.07) is 13.0. The summed E-state index contributed by atoms with van der Waals surface area (Å²) >= 11 is 1.56. The van der Waals surface area contributed by atoms with Crippen molar-refractivity contribution in [3.8, 4) is 0 Å². The number of thioether (sulfide) groups is 1. The van der Waals surface area contributed by atoms with Gasteiger partial charge < -0.3 is 15.4 Å². The maximum atomic E-state index is 12.2. The number of hydrogen-bond donors (Lipinski definition) is 2. The van der Waals surface area contributed by atoms with E-state index in [0.717, 1.165) is 4.90 Å². The van der Waals surface area contributed by atoms with Crippen LogP contribution in [-0.4, -0.2) is 36.7 Å². The molecule has 3 rings (SSSR count). The van der Waals surface area contributed by atoms with Crippen LogP contribution in [0.3, 0.4) is 0 Å². The number of nitrogens with one attached hydrogen (secondary N) is 2. The third-order valence-corrected chi connectivity index (χ3v) is 5.46. The van der Waals surface area contributed by atoms with Gasteiger partial charge in [0.1, 0.15) is 0 Å². The minimum absolute atomic E-state index is 0.0789. The van der Waals surface area contributed by atoms with E-state index in [1.54, 1.807) is 30.0 Å². The predicted molar refractivity (Wildman–Crippen MR) is 109 cm³/mol. The molecule has 0 fully saturated rings. The summed E-state index contributed by atoms with van der Waals surface area (Å²) in [5.74, 6) is -0.323. The molecule has 28 heavy (non-hydrogen) atoms. The smallest absolute Gasteiger partial charge is 0.338 e. The van der Waals surface area contributed by atoms with Crippen molar-refractivity contribution >= 4 is 35.2 Å². The monoisotopic (exact) mass is 398 g/mol. The molecule has 0 radical (unpaired) electrons. The molecule has 2 N–H and O–H groups in total. The van der Waals surface area contributed by atoms with Gasteiger partial charge in [-0.1, -0.05) is 24.3 Å². The fourth-order valence-corrected chi connectivity index (χ4v) is 3.78. The fraction of sp³-hybridized carbons (Fsp3) is 0.286. The summed E-state index contributed by atoms with van der Waals surface area (Å²) in [4.78, 5) is 36.7. The molecular weight excluding hydrogens is 376 g/mol. The SMILES string of the molecule is Cc1ccccc1CCNC(=O)COC(=O)c1ccc2c(c1)NC(=O)CCS2. The van der Waals surface area contributed by atoms with Crippen molar-refractivity contribution in [2.75, 3.05) is 24.2 Å². The molecule has 2 amide bonds. The predicted octanol–water partition coefficient (Wildman–Crippen LogP) is 2.95. The Labute approximate surface area is 168 Å². The van der Waals surface area contributed by atoms with Gasteiger partial charge in [-0.05, 0) is 42.7 Å². The Morgan fingerprint density at radius 1 is 1.21 bits per heavy atom. The topological polar surface area (TPSA) is 84.5 Å². The summed E-state index contributed by atoms with van der Waals surface area (Å²) in [6.07, 6.45) is 1.15. The zero-order valence-corrected chi connectivity index (χ0v) is 16.4. The van der Waals surface area contributed by atoms with Gasteiger partial charge in [-0.15, -0.1) is 11.8 Å². The summed E-state index contributed by atoms with van der Waals surface area (Å²) < 4.78 is 5.09. The van der Waals surface area contributed by atoms with Crippen molar-refractivity contribution in [2.24, 2.45) is 0 Å². The first-order valence-corrected chi connectivity index (χ1v) is 10.1. The second kappa shape index (κ2) is 9.41. The highest BCUT2D eigenvalue weighted by atomic mass is 32.2. The molecule has 0 unspecified atom stereocenters. The molecule has 0 aromatic heterocycles. The Kier molecular flexibility index (Phi) is 6.71. The van der Waals surface area contributed by atoms with Crippen molar-refractivity contribution < 1.29 is 19.1 Å². The highest BCUT2D eigenvalue weighted by molar-refractivity contribution is 7.99.